The number of halogens is 1. The fourth-order valence-corrected chi connectivity index (χ4v) is 4.51. The van der Waals surface area contributed by atoms with Crippen molar-refractivity contribution in [2.75, 3.05) is 7.11 Å². The maximum Gasteiger partial charge on any atom is 0.315 e. The van der Waals surface area contributed by atoms with Crippen LogP contribution in [0.3, 0.4) is 0 Å². The van der Waals surface area contributed by atoms with Crippen LogP contribution in [0.2, 0.25) is 0 Å². The van der Waals surface area contributed by atoms with Crippen LogP contribution in [-0.2, 0) is 9.53 Å². The fraction of sp³-hybridized carbons (Fsp3) is 0.750. The molecule has 0 aliphatic heterocycles. The van der Waals surface area contributed by atoms with Crippen LogP contribution in [0.4, 0.5) is 0 Å². The molecule has 2 saturated carbocycles. The number of hydrogen-bond acceptors (Lipinski definition) is 2. The van der Waals surface area contributed by atoms with Crippen molar-refractivity contribution in [1.82, 2.24) is 0 Å². The Morgan fingerprint density at radius 3 is 2.80 bits per heavy atom. The number of fused-ring (bicyclic) bond motifs is 2. The molecule has 84 valence electrons. The molecule has 2 nitrogen and oxygen atoms in total. The molecule has 0 amide bonds. The predicted molar refractivity (Wildman–Crippen MR) is 62.6 cm³/mol. The Hall–Kier alpha value is -0.310. The number of methoxy groups -OCH3 is 1. The third kappa shape index (κ3) is 1.25. The highest BCUT2D eigenvalue weighted by atomic mass is 79.9. The Bertz CT molecular complexity index is 333. The molecule has 0 aromatic carbocycles. The van der Waals surface area contributed by atoms with E-state index in [2.05, 4.69) is 29.8 Å². The second-order valence-electron chi connectivity index (χ2n) is 5.26. The summed E-state index contributed by atoms with van der Waals surface area (Å²) in [5.41, 5.74) is 1.03. The van der Waals surface area contributed by atoms with Gasteiger partial charge in [-0.05, 0) is 41.2 Å². The lowest BCUT2D eigenvalue weighted by molar-refractivity contribution is -0.150. The van der Waals surface area contributed by atoms with Crippen LogP contribution < -0.4 is 0 Å². The minimum absolute atomic E-state index is 0.0544. The maximum atomic E-state index is 12.0. The van der Waals surface area contributed by atoms with Crippen molar-refractivity contribution < 1.29 is 9.53 Å². The minimum Gasteiger partial charge on any atom is -0.468 e. The van der Waals surface area contributed by atoms with Gasteiger partial charge in [0, 0.05) is 0 Å². The number of carbonyl (C=O) groups excluding carboxylic acids is 1. The van der Waals surface area contributed by atoms with E-state index in [1.54, 1.807) is 0 Å². The first-order chi connectivity index (χ1) is 6.99. The van der Waals surface area contributed by atoms with Gasteiger partial charge < -0.3 is 4.74 Å². The molecule has 0 saturated heterocycles. The third-order valence-corrected chi connectivity index (χ3v) is 4.89. The number of rotatable bonds is 1. The van der Waals surface area contributed by atoms with Gasteiger partial charge >= 0.3 is 5.97 Å². The van der Waals surface area contributed by atoms with E-state index in [9.17, 15) is 4.79 Å². The molecule has 2 bridgehead atoms. The quantitative estimate of drug-likeness (QED) is 0.685. The summed E-state index contributed by atoms with van der Waals surface area (Å²) in [4.78, 5) is 13.9. The van der Waals surface area contributed by atoms with Crippen molar-refractivity contribution in [3.63, 3.8) is 0 Å². The van der Waals surface area contributed by atoms with Crippen LogP contribution in [0.1, 0.15) is 33.1 Å². The largest absolute Gasteiger partial charge is 0.468 e. The highest BCUT2D eigenvalue weighted by molar-refractivity contribution is 9.11. The van der Waals surface area contributed by atoms with Crippen molar-refractivity contribution in [2.24, 2.45) is 16.7 Å². The van der Waals surface area contributed by atoms with Gasteiger partial charge in [0.2, 0.25) is 0 Å². The summed E-state index contributed by atoms with van der Waals surface area (Å²) in [6.07, 6.45) is 3.06. The number of esters is 1. The summed E-state index contributed by atoms with van der Waals surface area (Å²) in [5, 5.41) is 0. The Morgan fingerprint density at radius 1 is 1.60 bits per heavy atom. The van der Waals surface area contributed by atoms with Crippen molar-refractivity contribution >= 4 is 21.9 Å². The van der Waals surface area contributed by atoms with Crippen LogP contribution in [0.15, 0.2) is 10.6 Å². The van der Waals surface area contributed by atoms with E-state index in [0.29, 0.717) is 5.92 Å². The fourth-order valence-electron chi connectivity index (χ4n) is 3.48. The smallest absolute Gasteiger partial charge is 0.315 e. The summed E-state index contributed by atoms with van der Waals surface area (Å²) in [6.45, 7) is 4.46. The molecule has 2 rings (SSSR count). The second kappa shape index (κ2) is 3.34. The van der Waals surface area contributed by atoms with E-state index in [4.69, 9.17) is 4.74 Å². The van der Waals surface area contributed by atoms with Gasteiger partial charge in [-0.2, -0.15) is 0 Å². The van der Waals surface area contributed by atoms with Gasteiger partial charge in [0.1, 0.15) is 0 Å². The zero-order valence-electron chi connectivity index (χ0n) is 9.47. The molecule has 0 heterocycles. The summed E-state index contributed by atoms with van der Waals surface area (Å²) in [6, 6.07) is 0. The van der Waals surface area contributed by atoms with E-state index in [1.165, 1.54) is 12.7 Å². The Labute approximate surface area is 99.2 Å². The lowest BCUT2D eigenvalue weighted by atomic mass is 9.68. The first kappa shape index (κ1) is 11.2. The van der Waals surface area contributed by atoms with Crippen molar-refractivity contribution in [2.45, 2.75) is 33.1 Å². The zero-order chi connectivity index (χ0) is 11.3. The van der Waals surface area contributed by atoms with E-state index < -0.39 is 0 Å². The monoisotopic (exact) mass is 272 g/mol. The molecule has 2 aliphatic rings. The van der Waals surface area contributed by atoms with Crippen LogP contribution in [-0.4, -0.2) is 13.1 Å². The zero-order valence-corrected chi connectivity index (χ0v) is 11.1. The Morgan fingerprint density at radius 2 is 2.27 bits per heavy atom. The number of ether oxygens (including phenoxy) is 1. The summed E-state index contributed by atoms with van der Waals surface area (Å²) >= 11 is 3.42. The van der Waals surface area contributed by atoms with Crippen molar-refractivity contribution in [3.05, 3.63) is 10.6 Å². The van der Waals surface area contributed by atoms with Crippen molar-refractivity contribution in [3.8, 4) is 0 Å². The lowest BCUT2D eigenvalue weighted by Gasteiger charge is -2.36. The third-order valence-electron chi connectivity index (χ3n) is 4.43. The Kier molecular flexibility index (Phi) is 2.49. The van der Waals surface area contributed by atoms with E-state index in [1.807, 2.05) is 4.99 Å². The first-order valence-electron chi connectivity index (χ1n) is 5.39. The number of hydrogen-bond donors (Lipinski definition) is 0. The summed E-state index contributed by atoms with van der Waals surface area (Å²) in [7, 11) is 1.49. The predicted octanol–water partition coefficient (Wildman–Crippen LogP) is 3.26. The van der Waals surface area contributed by atoms with Gasteiger partial charge in [0.25, 0.3) is 0 Å². The van der Waals surface area contributed by atoms with Crippen LogP contribution in [0, 0.1) is 16.7 Å². The van der Waals surface area contributed by atoms with Gasteiger partial charge in [0.15, 0.2) is 0 Å². The standard InChI is InChI=1S/C12H17BrO2/c1-11(2)8-4-5-12(6-8,9(11)7-13)10(14)15-3/h7-8H,4-6H2,1-3H3. The second-order valence-corrected chi connectivity index (χ2v) is 5.72. The van der Waals surface area contributed by atoms with Crippen LogP contribution in [0.25, 0.3) is 0 Å². The molecule has 2 aliphatic carbocycles. The molecular weight excluding hydrogens is 256 g/mol. The number of carbonyl (C=O) groups is 1. The summed E-state index contributed by atoms with van der Waals surface area (Å²) < 4.78 is 4.98. The molecule has 3 heteroatoms. The minimum atomic E-state index is -0.327. The molecule has 0 N–H and O–H groups in total. The van der Waals surface area contributed by atoms with Gasteiger partial charge in [-0.15, -0.1) is 0 Å². The van der Waals surface area contributed by atoms with Gasteiger partial charge in [-0.3, -0.25) is 4.79 Å². The summed E-state index contributed by atoms with van der Waals surface area (Å²) in [5.74, 6) is 0.571. The first-order valence-corrected chi connectivity index (χ1v) is 6.30. The highest BCUT2D eigenvalue weighted by Gasteiger charge is 2.62. The van der Waals surface area contributed by atoms with Crippen LogP contribution >= 0.6 is 15.9 Å². The molecule has 15 heavy (non-hydrogen) atoms. The Balaban J connectivity index is 2.47. The normalized spacial score (nSPS) is 39.7. The van der Waals surface area contributed by atoms with E-state index >= 15 is 0 Å². The van der Waals surface area contributed by atoms with E-state index in [-0.39, 0.29) is 16.8 Å². The maximum absolute atomic E-state index is 12.0. The molecule has 2 fully saturated rings. The molecule has 0 spiro atoms. The van der Waals surface area contributed by atoms with E-state index in [0.717, 1.165) is 19.3 Å². The van der Waals surface area contributed by atoms with Gasteiger partial charge in [-0.1, -0.05) is 29.8 Å². The topological polar surface area (TPSA) is 26.3 Å². The average molecular weight is 273 g/mol. The molecule has 0 aromatic rings. The van der Waals surface area contributed by atoms with Crippen LogP contribution in [0.5, 0.6) is 0 Å². The molecule has 0 radical (unpaired) electrons. The molecule has 0 aromatic heterocycles. The lowest BCUT2D eigenvalue weighted by Crippen LogP contribution is -2.34. The SMILES string of the molecule is COC(=O)C12CCC(C1)C(C)(C)C2=CBr. The van der Waals surface area contributed by atoms with Gasteiger partial charge in [-0.25, -0.2) is 0 Å². The molecule has 2 atom stereocenters. The molecular formula is C12H17BrO2. The highest BCUT2D eigenvalue weighted by Crippen LogP contribution is 2.66. The van der Waals surface area contributed by atoms with Gasteiger partial charge in [0.05, 0.1) is 12.5 Å². The average Bonchev–Trinajstić information content (AvgIpc) is 2.71. The molecule has 2 unspecified atom stereocenters. The van der Waals surface area contributed by atoms with Crippen molar-refractivity contribution in [1.29, 1.82) is 0 Å².